The van der Waals surface area contributed by atoms with Crippen molar-refractivity contribution in [2.75, 3.05) is 0 Å². The molecule has 5 heterocycles. The highest BCUT2D eigenvalue weighted by molar-refractivity contribution is 5.87. The molecule has 0 saturated carbocycles. The van der Waals surface area contributed by atoms with Crippen LogP contribution in [-0.2, 0) is 25.7 Å². The molecular weight excluding hydrogens is 524 g/mol. The number of unbranched alkanes of at least 4 members (excludes halogenated alkanes) is 4. The topological polar surface area (TPSA) is 57.4 Å². The number of H-pyrrole nitrogens is 2. The lowest BCUT2D eigenvalue weighted by Crippen LogP contribution is -1.97. The van der Waals surface area contributed by atoms with Gasteiger partial charge in [-0.05, 0) is 106 Å². The quantitative estimate of drug-likeness (QED) is 0.147. The molecule has 0 radical (unpaired) electrons. The van der Waals surface area contributed by atoms with E-state index in [4.69, 9.17) is 9.97 Å². The molecule has 0 aliphatic carbocycles. The second-order valence-electron chi connectivity index (χ2n) is 12.1. The molecule has 0 fully saturated rings. The van der Waals surface area contributed by atoms with E-state index in [-0.39, 0.29) is 0 Å². The molecule has 2 N–H and O–H groups in total. The highest BCUT2D eigenvalue weighted by Gasteiger charge is 2.17. The first-order valence-corrected chi connectivity index (χ1v) is 16.9. The molecule has 0 spiro atoms. The minimum absolute atomic E-state index is 0.983. The number of aromatic amines is 2. The van der Waals surface area contributed by atoms with Gasteiger partial charge in [-0.3, -0.25) is 0 Å². The summed E-state index contributed by atoms with van der Waals surface area (Å²) >= 11 is 0. The minimum atomic E-state index is 0.983. The fourth-order valence-corrected chi connectivity index (χ4v) is 6.34. The SMILES string of the molecule is C/C=C/c1cc2[nH]c1c(CCCC)c1nc(c(CCCC)c3nc(c(CCCC)c4ccc([nH]4)c2CCCC)C=C3)C=C1. The van der Waals surface area contributed by atoms with E-state index >= 15 is 0 Å². The highest BCUT2D eigenvalue weighted by Crippen LogP contribution is 2.31. The number of hydrogen-bond acceptors (Lipinski definition) is 2. The molecule has 8 bridgehead atoms. The van der Waals surface area contributed by atoms with Crippen LogP contribution in [0.2, 0.25) is 0 Å². The van der Waals surface area contributed by atoms with Crippen molar-refractivity contribution in [3.63, 3.8) is 0 Å². The van der Waals surface area contributed by atoms with Crippen LogP contribution in [0, 0.1) is 0 Å². The van der Waals surface area contributed by atoms with Crippen molar-refractivity contribution in [1.29, 1.82) is 0 Å². The molecule has 0 unspecified atom stereocenters. The fraction of sp³-hybridized carbons (Fsp3) is 0.436. The molecule has 2 aliphatic rings. The Morgan fingerprint density at radius 3 is 1.58 bits per heavy atom. The van der Waals surface area contributed by atoms with E-state index in [2.05, 4.69) is 99.2 Å². The van der Waals surface area contributed by atoms with Gasteiger partial charge in [-0.25, -0.2) is 9.97 Å². The third-order valence-electron chi connectivity index (χ3n) is 8.80. The number of fused-ring (bicyclic) bond motifs is 8. The number of aromatic nitrogens is 4. The van der Waals surface area contributed by atoms with Crippen LogP contribution in [0.25, 0.3) is 52.4 Å². The number of rotatable bonds is 13. The smallest absolute Gasteiger partial charge is 0.0691 e. The van der Waals surface area contributed by atoms with Crippen molar-refractivity contribution in [2.24, 2.45) is 0 Å². The van der Waals surface area contributed by atoms with Crippen LogP contribution >= 0.6 is 0 Å². The predicted molar refractivity (Wildman–Crippen MR) is 188 cm³/mol. The van der Waals surface area contributed by atoms with Crippen LogP contribution < -0.4 is 0 Å². The van der Waals surface area contributed by atoms with Crippen molar-refractivity contribution in [3.05, 3.63) is 74.9 Å². The van der Waals surface area contributed by atoms with Crippen LogP contribution in [0.3, 0.4) is 0 Å². The number of allylic oxidation sites excluding steroid dienone is 1. The van der Waals surface area contributed by atoms with Crippen molar-refractivity contribution in [2.45, 2.75) is 112 Å². The Labute approximate surface area is 258 Å². The van der Waals surface area contributed by atoms with Gasteiger partial charge in [0.25, 0.3) is 0 Å². The van der Waals surface area contributed by atoms with E-state index in [1.807, 2.05) is 0 Å². The first-order valence-electron chi connectivity index (χ1n) is 16.9. The summed E-state index contributed by atoms with van der Waals surface area (Å²) in [7, 11) is 0. The number of nitrogens with one attached hydrogen (secondary N) is 2. The normalized spacial score (nSPS) is 12.7. The largest absolute Gasteiger partial charge is 0.355 e. The molecule has 0 aromatic carbocycles. The lowest BCUT2D eigenvalue weighted by Gasteiger charge is -2.06. The second kappa shape index (κ2) is 14.7. The van der Waals surface area contributed by atoms with Crippen molar-refractivity contribution in [3.8, 4) is 0 Å². The monoisotopic (exact) mass is 574 g/mol. The Balaban J connectivity index is 1.95. The van der Waals surface area contributed by atoms with Gasteiger partial charge in [0.15, 0.2) is 0 Å². The molecule has 4 nitrogen and oxygen atoms in total. The number of aryl methyl sites for hydroxylation is 3. The van der Waals surface area contributed by atoms with Gasteiger partial charge in [0.2, 0.25) is 0 Å². The Morgan fingerprint density at radius 2 is 1.02 bits per heavy atom. The summed E-state index contributed by atoms with van der Waals surface area (Å²) in [6.07, 6.45) is 26.5. The average Bonchev–Trinajstić information content (AvgIpc) is 3.83. The summed E-state index contributed by atoms with van der Waals surface area (Å²) in [5.74, 6) is 0. The third kappa shape index (κ3) is 6.79. The van der Waals surface area contributed by atoms with E-state index < -0.39 is 0 Å². The van der Waals surface area contributed by atoms with E-state index in [9.17, 15) is 0 Å². The lowest BCUT2D eigenvalue weighted by atomic mass is 10.0. The summed E-state index contributed by atoms with van der Waals surface area (Å²) in [6, 6.07) is 6.93. The molecule has 4 heteroatoms. The van der Waals surface area contributed by atoms with Gasteiger partial charge in [0.05, 0.1) is 28.3 Å². The molecular formula is C39H50N4. The van der Waals surface area contributed by atoms with Gasteiger partial charge in [0, 0.05) is 38.8 Å². The third-order valence-corrected chi connectivity index (χ3v) is 8.80. The predicted octanol–water partition coefficient (Wildman–Crippen LogP) is 11.1. The maximum absolute atomic E-state index is 5.35. The Hall–Kier alpha value is -3.66. The van der Waals surface area contributed by atoms with Crippen molar-refractivity contribution < 1.29 is 0 Å². The molecule has 3 aromatic heterocycles. The number of nitrogens with zero attached hydrogens (tertiary/aromatic N) is 2. The summed E-state index contributed by atoms with van der Waals surface area (Å²) in [4.78, 5) is 18.5. The van der Waals surface area contributed by atoms with Gasteiger partial charge in [-0.2, -0.15) is 0 Å². The van der Waals surface area contributed by atoms with E-state index in [1.54, 1.807) is 0 Å². The summed E-state index contributed by atoms with van der Waals surface area (Å²) in [5, 5.41) is 0. The van der Waals surface area contributed by atoms with Crippen LogP contribution in [0.4, 0.5) is 0 Å². The maximum Gasteiger partial charge on any atom is 0.0691 e. The molecule has 226 valence electrons. The first kappa shape index (κ1) is 30.8. The fourth-order valence-electron chi connectivity index (χ4n) is 6.34. The molecule has 5 rings (SSSR count). The van der Waals surface area contributed by atoms with Gasteiger partial charge in [0.1, 0.15) is 0 Å². The summed E-state index contributed by atoms with van der Waals surface area (Å²) in [6.45, 7) is 11.2. The summed E-state index contributed by atoms with van der Waals surface area (Å²) in [5.41, 5.74) is 15.6. The highest BCUT2D eigenvalue weighted by atomic mass is 14.8. The Kier molecular flexibility index (Phi) is 10.5. The van der Waals surface area contributed by atoms with Gasteiger partial charge >= 0.3 is 0 Å². The molecule has 0 saturated heterocycles. The zero-order valence-electron chi connectivity index (χ0n) is 27.1. The lowest BCUT2D eigenvalue weighted by molar-refractivity contribution is 0.785. The molecule has 43 heavy (non-hydrogen) atoms. The van der Waals surface area contributed by atoms with Crippen LogP contribution in [0.1, 0.15) is 137 Å². The van der Waals surface area contributed by atoms with E-state index in [1.165, 1.54) is 49.9 Å². The van der Waals surface area contributed by atoms with Crippen molar-refractivity contribution >= 4 is 52.4 Å². The van der Waals surface area contributed by atoms with Gasteiger partial charge in [-0.1, -0.05) is 65.5 Å². The van der Waals surface area contributed by atoms with Crippen LogP contribution in [0.5, 0.6) is 0 Å². The van der Waals surface area contributed by atoms with E-state index in [0.717, 1.165) is 99.8 Å². The maximum atomic E-state index is 5.35. The molecule has 2 aliphatic heterocycles. The molecule has 0 amide bonds. The molecule has 3 aromatic rings. The second-order valence-corrected chi connectivity index (χ2v) is 12.1. The van der Waals surface area contributed by atoms with Crippen molar-refractivity contribution in [1.82, 2.24) is 19.9 Å². The van der Waals surface area contributed by atoms with Gasteiger partial charge < -0.3 is 9.97 Å². The molecule has 0 atom stereocenters. The van der Waals surface area contributed by atoms with Gasteiger partial charge in [-0.15, -0.1) is 0 Å². The van der Waals surface area contributed by atoms with Crippen LogP contribution in [0.15, 0.2) is 24.3 Å². The minimum Gasteiger partial charge on any atom is -0.355 e. The van der Waals surface area contributed by atoms with Crippen LogP contribution in [-0.4, -0.2) is 19.9 Å². The Bertz CT molecular complexity index is 1680. The zero-order chi connectivity index (χ0) is 30.2. The zero-order valence-corrected chi connectivity index (χ0v) is 27.1. The summed E-state index contributed by atoms with van der Waals surface area (Å²) < 4.78 is 0. The number of hydrogen-bond donors (Lipinski definition) is 2. The first-order chi connectivity index (χ1) is 21.1. The standard InChI is InChI=1S/C39H50N4/c1-6-11-16-28-32-20-21-33(40-32)29(17-12-7-2)35-24-25-37(42-35)31(19-14-9-4)39-27(15-10-5)26-38(43-39)30(18-13-8-3)36-23-22-34(28)41-36/h10,15,20-26,41,43H,6-9,11-14,16-19H2,1-5H3/b15-10+,32-28?,33-29?,34-28?,35-29?,36-30?,37-31?,38-30?,39-31?. The Morgan fingerprint density at radius 1 is 0.558 bits per heavy atom. The average molecular weight is 575 g/mol. The van der Waals surface area contributed by atoms with E-state index in [0.29, 0.717) is 0 Å².